The lowest BCUT2D eigenvalue weighted by Crippen LogP contribution is -2.33. The largest absolute Gasteiger partial charge is 0.367 e. The van der Waals surface area contributed by atoms with Crippen LogP contribution in [0.3, 0.4) is 0 Å². The van der Waals surface area contributed by atoms with Gasteiger partial charge in [-0.1, -0.05) is 30.5 Å². The van der Waals surface area contributed by atoms with Gasteiger partial charge in [0.1, 0.15) is 6.10 Å². The lowest BCUT2D eigenvalue weighted by atomic mass is 9.88. The first-order valence-electron chi connectivity index (χ1n) is 8.23. The summed E-state index contributed by atoms with van der Waals surface area (Å²) in [5, 5.41) is 0. The standard InChI is InChI=1S/C18H25O4P/c1-12-10-13(2)16(14(3)11-12)17(19)18(15-6-4-5-7-15)21-8-9-22-23-20/h10-11,15,18H,4-9H2,1-3H3. The zero-order valence-electron chi connectivity index (χ0n) is 14.1. The second-order valence-electron chi connectivity index (χ2n) is 6.38. The smallest absolute Gasteiger partial charge is 0.327 e. The van der Waals surface area contributed by atoms with Gasteiger partial charge in [0.2, 0.25) is 0 Å². The number of ether oxygens (including phenoxy) is 1. The van der Waals surface area contributed by atoms with Crippen molar-refractivity contribution in [3.8, 4) is 0 Å². The fourth-order valence-electron chi connectivity index (χ4n) is 3.65. The number of benzene rings is 1. The Hall–Kier alpha value is -1.09. The van der Waals surface area contributed by atoms with E-state index in [0.29, 0.717) is 0 Å². The zero-order valence-corrected chi connectivity index (χ0v) is 15.0. The Morgan fingerprint density at radius 1 is 1.17 bits per heavy atom. The molecule has 0 aliphatic heterocycles. The molecule has 1 atom stereocenters. The number of Topliss-reactive ketones (excluding diaryl/α,β-unsaturated/α-hetero) is 1. The molecule has 0 amide bonds. The highest BCUT2D eigenvalue weighted by Crippen LogP contribution is 2.32. The molecule has 1 aliphatic carbocycles. The van der Waals surface area contributed by atoms with Crippen molar-refractivity contribution >= 4 is 14.5 Å². The summed E-state index contributed by atoms with van der Waals surface area (Å²) in [5.41, 5.74) is 3.97. The minimum atomic E-state index is -0.426. The van der Waals surface area contributed by atoms with Crippen LogP contribution < -0.4 is 0 Å². The molecule has 0 spiro atoms. The van der Waals surface area contributed by atoms with Crippen molar-refractivity contribution < 1.29 is 18.6 Å². The van der Waals surface area contributed by atoms with Crippen LogP contribution in [0.1, 0.15) is 52.7 Å². The van der Waals surface area contributed by atoms with Gasteiger partial charge in [-0.05, 0) is 50.7 Å². The monoisotopic (exact) mass is 336 g/mol. The van der Waals surface area contributed by atoms with E-state index >= 15 is 0 Å². The summed E-state index contributed by atoms with van der Waals surface area (Å²) in [4.78, 5) is 13.1. The summed E-state index contributed by atoms with van der Waals surface area (Å²) in [6, 6.07) is 4.09. The molecule has 1 unspecified atom stereocenters. The third-order valence-corrected chi connectivity index (χ3v) is 4.82. The first kappa shape index (κ1) is 18.3. The predicted octanol–water partition coefficient (Wildman–Crippen LogP) is 4.59. The summed E-state index contributed by atoms with van der Waals surface area (Å²) in [6.07, 6.45) is 3.94. The predicted molar refractivity (Wildman–Crippen MR) is 90.2 cm³/mol. The molecule has 1 aromatic carbocycles. The Kier molecular flexibility index (Phi) is 6.88. The molecule has 1 fully saturated rings. The van der Waals surface area contributed by atoms with Crippen LogP contribution in [0, 0.1) is 26.7 Å². The van der Waals surface area contributed by atoms with Gasteiger partial charge in [-0.25, -0.2) is 4.57 Å². The maximum absolute atomic E-state index is 13.1. The van der Waals surface area contributed by atoms with Gasteiger partial charge in [-0.2, -0.15) is 0 Å². The van der Waals surface area contributed by atoms with E-state index in [1.54, 1.807) is 0 Å². The summed E-state index contributed by atoms with van der Waals surface area (Å²) < 4.78 is 21.0. The van der Waals surface area contributed by atoms with Gasteiger partial charge in [0.05, 0.1) is 13.2 Å². The van der Waals surface area contributed by atoms with Crippen molar-refractivity contribution in [2.24, 2.45) is 5.92 Å². The Morgan fingerprint density at radius 3 is 2.35 bits per heavy atom. The molecule has 5 heteroatoms. The van der Waals surface area contributed by atoms with Crippen LogP contribution in [0.5, 0.6) is 0 Å². The van der Waals surface area contributed by atoms with Gasteiger partial charge in [0.25, 0.3) is 0 Å². The summed E-state index contributed by atoms with van der Waals surface area (Å²) in [7, 11) is -0.351. The third-order valence-electron chi connectivity index (χ3n) is 4.53. The summed E-state index contributed by atoms with van der Waals surface area (Å²) >= 11 is 0. The molecular formula is C18H25O4P. The number of hydrogen-bond acceptors (Lipinski definition) is 4. The van der Waals surface area contributed by atoms with Crippen molar-refractivity contribution in [1.29, 1.82) is 0 Å². The van der Waals surface area contributed by atoms with E-state index in [0.717, 1.165) is 47.9 Å². The molecule has 1 aromatic rings. The van der Waals surface area contributed by atoms with Crippen LogP contribution in [-0.2, 0) is 13.8 Å². The number of rotatable bonds is 8. The molecule has 0 N–H and O–H groups in total. The third kappa shape index (κ3) is 4.69. The number of ketones is 1. The average molecular weight is 336 g/mol. The van der Waals surface area contributed by atoms with Gasteiger partial charge in [0.15, 0.2) is 5.78 Å². The molecule has 126 valence electrons. The molecule has 1 aliphatic rings. The maximum atomic E-state index is 13.1. The normalized spacial score (nSPS) is 16.8. The topological polar surface area (TPSA) is 52.6 Å². The Labute approximate surface area is 139 Å². The minimum Gasteiger partial charge on any atom is -0.367 e. The van der Waals surface area contributed by atoms with E-state index in [1.165, 1.54) is 0 Å². The fraction of sp³-hybridized carbons (Fsp3) is 0.611. The van der Waals surface area contributed by atoms with Crippen molar-refractivity contribution in [3.63, 3.8) is 0 Å². The maximum Gasteiger partial charge on any atom is 0.327 e. The second-order valence-corrected chi connectivity index (χ2v) is 6.79. The van der Waals surface area contributed by atoms with Crippen LogP contribution in [0.4, 0.5) is 0 Å². The quantitative estimate of drug-likeness (QED) is 0.396. The number of carbonyl (C=O) groups is 1. The molecule has 0 saturated heterocycles. The van der Waals surface area contributed by atoms with Crippen molar-refractivity contribution in [2.75, 3.05) is 13.2 Å². The lowest BCUT2D eigenvalue weighted by Gasteiger charge is -2.24. The number of carbonyl (C=O) groups excluding carboxylic acids is 1. The molecule has 1 saturated carbocycles. The van der Waals surface area contributed by atoms with Gasteiger partial charge in [-0.15, -0.1) is 0 Å². The molecule has 0 aromatic heterocycles. The second kappa shape index (κ2) is 8.68. The highest BCUT2D eigenvalue weighted by atomic mass is 31.1. The summed E-state index contributed by atoms with van der Waals surface area (Å²) in [5.74, 6) is 0.346. The average Bonchev–Trinajstić information content (AvgIpc) is 3.00. The highest BCUT2D eigenvalue weighted by Gasteiger charge is 2.33. The first-order chi connectivity index (χ1) is 11.0. The van der Waals surface area contributed by atoms with Gasteiger partial charge >= 0.3 is 8.69 Å². The Bertz CT molecular complexity index is 541. The van der Waals surface area contributed by atoms with E-state index < -0.39 is 6.10 Å². The van der Waals surface area contributed by atoms with Crippen LogP contribution in [0.2, 0.25) is 0 Å². The molecule has 0 bridgehead atoms. The van der Waals surface area contributed by atoms with E-state index in [1.807, 2.05) is 32.9 Å². The number of aryl methyl sites for hydroxylation is 3. The molecule has 2 rings (SSSR count). The summed E-state index contributed by atoms with van der Waals surface area (Å²) in [6.45, 7) is 6.52. The van der Waals surface area contributed by atoms with E-state index in [9.17, 15) is 9.36 Å². The van der Waals surface area contributed by atoms with Crippen molar-refractivity contribution in [2.45, 2.75) is 52.6 Å². The first-order valence-corrected chi connectivity index (χ1v) is 8.96. The van der Waals surface area contributed by atoms with Crippen molar-refractivity contribution in [1.82, 2.24) is 0 Å². The van der Waals surface area contributed by atoms with Crippen LogP contribution in [0.25, 0.3) is 0 Å². The Balaban J connectivity index is 2.20. The minimum absolute atomic E-state index is 0.0755. The highest BCUT2D eigenvalue weighted by molar-refractivity contribution is 7.17. The lowest BCUT2D eigenvalue weighted by molar-refractivity contribution is 0.00800. The van der Waals surface area contributed by atoms with Gasteiger partial charge in [0, 0.05) is 5.56 Å². The van der Waals surface area contributed by atoms with Crippen molar-refractivity contribution in [3.05, 3.63) is 34.4 Å². The zero-order chi connectivity index (χ0) is 16.8. The van der Waals surface area contributed by atoms with Crippen LogP contribution >= 0.6 is 8.69 Å². The van der Waals surface area contributed by atoms with Gasteiger partial charge in [-0.3, -0.25) is 9.32 Å². The molecule has 0 radical (unpaired) electrons. The van der Waals surface area contributed by atoms with E-state index in [4.69, 9.17) is 9.26 Å². The fourth-order valence-corrected chi connectivity index (χ4v) is 3.80. The number of hydrogen-bond donors (Lipinski definition) is 0. The van der Waals surface area contributed by atoms with Gasteiger partial charge < -0.3 is 4.74 Å². The molecule has 23 heavy (non-hydrogen) atoms. The van der Waals surface area contributed by atoms with E-state index in [-0.39, 0.29) is 33.6 Å². The SMILES string of the molecule is Cc1cc(C)c(C(=O)C(OCCOP=O)C2CCCC2)c(C)c1. The molecule has 0 heterocycles. The van der Waals surface area contributed by atoms with E-state index in [2.05, 4.69) is 0 Å². The van der Waals surface area contributed by atoms with Crippen LogP contribution in [0.15, 0.2) is 12.1 Å². The molecule has 4 nitrogen and oxygen atoms in total. The Morgan fingerprint density at radius 2 is 1.78 bits per heavy atom. The molecular weight excluding hydrogens is 311 g/mol. The van der Waals surface area contributed by atoms with Crippen LogP contribution in [-0.4, -0.2) is 25.1 Å².